The van der Waals surface area contributed by atoms with Crippen molar-refractivity contribution in [2.24, 2.45) is 5.73 Å². The van der Waals surface area contributed by atoms with Gasteiger partial charge < -0.3 is 10.5 Å². The van der Waals surface area contributed by atoms with Crippen LogP contribution in [0.5, 0.6) is 11.5 Å². The summed E-state index contributed by atoms with van der Waals surface area (Å²) >= 11 is 6.19. The summed E-state index contributed by atoms with van der Waals surface area (Å²) in [5, 5.41) is 7.87. The Morgan fingerprint density at radius 3 is 2.52 bits per heavy atom. The van der Waals surface area contributed by atoms with E-state index in [-0.39, 0.29) is 5.84 Å². The lowest BCUT2D eigenvalue weighted by atomic mass is 9.92. The topological polar surface area (TPSA) is 59.1 Å². The highest BCUT2D eigenvalue weighted by molar-refractivity contribution is 6.32. The van der Waals surface area contributed by atoms with Crippen molar-refractivity contribution in [3.63, 3.8) is 0 Å². The predicted octanol–water partition coefficient (Wildman–Crippen LogP) is 4.30. The standard InChI is InChI=1S/C17H17ClN2O/c18-15-10-13(17(19)20)6-8-16(15)21-14-7-5-11-3-1-2-4-12(11)9-14/h5-10H,1-4H2,(H3,19,20). The third kappa shape index (κ3) is 3.03. The maximum absolute atomic E-state index is 7.41. The number of fused-ring (bicyclic) bond motifs is 1. The average Bonchev–Trinajstić information content (AvgIpc) is 2.49. The molecule has 0 unspecified atom stereocenters. The van der Waals surface area contributed by atoms with Crippen LogP contribution in [0.3, 0.4) is 0 Å². The van der Waals surface area contributed by atoms with Crippen LogP contribution in [0.1, 0.15) is 29.5 Å². The number of halogens is 1. The lowest BCUT2D eigenvalue weighted by molar-refractivity contribution is 0.481. The van der Waals surface area contributed by atoms with Crippen LogP contribution in [0.4, 0.5) is 0 Å². The fraction of sp³-hybridized carbons (Fsp3) is 0.235. The molecule has 1 aliphatic rings. The first-order chi connectivity index (χ1) is 10.1. The van der Waals surface area contributed by atoms with Gasteiger partial charge in [-0.25, -0.2) is 0 Å². The molecule has 0 amide bonds. The van der Waals surface area contributed by atoms with Gasteiger partial charge in [-0.3, -0.25) is 5.41 Å². The number of hydrogen-bond acceptors (Lipinski definition) is 2. The summed E-state index contributed by atoms with van der Waals surface area (Å²) in [4.78, 5) is 0. The van der Waals surface area contributed by atoms with Crippen LogP contribution in [-0.2, 0) is 12.8 Å². The van der Waals surface area contributed by atoms with Gasteiger partial charge in [0.25, 0.3) is 0 Å². The molecule has 3 nitrogen and oxygen atoms in total. The van der Waals surface area contributed by atoms with Gasteiger partial charge in [-0.1, -0.05) is 17.7 Å². The van der Waals surface area contributed by atoms with Crippen LogP contribution in [0.2, 0.25) is 5.02 Å². The van der Waals surface area contributed by atoms with E-state index in [9.17, 15) is 0 Å². The van der Waals surface area contributed by atoms with E-state index in [1.54, 1.807) is 18.2 Å². The molecule has 4 heteroatoms. The fourth-order valence-corrected chi connectivity index (χ4v) is 2.87. The Morgan fingerprint density at radius 1 is 1.05 bits per heavy atom. The maximum atomic E-state index is 7.41. The summed E-state index contributed by atoms with van der Waals surface area (Å²) < 4.78 is 5.87. The highest BCUT2D eigenvalue weighted by Crippen LogP contribution is 2.32. The number of nitrogens with one attached hydrogen (secondary N) is 1. The fourth-order valence-electron chi connectivity index (χ4n) is 2.65. The molecule has 0 atom stereocenters. The van der Waals surface area contributed by atoms with Gasteiger partial charge in [0.05, 0.1) is 5.02 Å². The number of ether oxygens (including phenoxy) is 1. The zero-order chi connectivity index (χ0) is 14.8. The van der Waals surface area contributed by atoms with E-state index in [0.29, 0.717) is 16.3 Å². The minimum Gasteiger partial charge on any atom is -0.456 e. The van der Waals surface area contributed by atoms with Crippen molar-refractivity contribution in [2.75, 3.05) is 0 Å². The summed E-state index contributed by atoms with van der Waals surface area (Å²) in [5.41, 5.74) is 8.83. The smallest absolute Gasteiger partial charge is 0.146 e. The summed E-state index contributed by atoms with van der Waals surface area (Å²) in [7, 11) is 0. The third-order valence-corrected chi connectivity index (χ3v) is 4.09. The Hall–Kier alpha value is -2.00. The molecule has 108 valence electrons. The molecule has 0 fully saturated rings. The van der Waals surface area contributed by atoms with Crippen molar-refractivity contribution in [1.29, 1.82) is 5.41 Å². The molecular weight excluding hydrogens is 284 g/mol. The van der Waals surface area contributed by atoms with Gasteiger partial charge in [0.2, 0.25) is 0 Å². The second-order valence-electron chi connectivity index (χ2n) is 5.30. The lowest BCUT2D eigenvalue weighted by Gasteiger charge is -2.17. The molecule has 1 aliphatic carbocycles. The third-order valence-electron chi connectivity index (χ3n) is 3.79. The van der Waals surface area contributed by atoms with Crippen molar-refractivity contribution in [1.82, 2.24) is 0 Å². The van der Waals surface area contributed by atoms with E-state index in [0.717, 1.165) is 18.6 Å². The molecule has 3 N–H and O–H groups in total. The van der Waals surface area contributed by atoms with E-state index in [1.807, 2.05) is 6.07 Å². The Morgan fingerprint density at radius 2 is 1.81 bits per heavy atom. The van der Waals surface area contributed by atoms with E-state index in [2.05, 4.69) is 12.1 Å². The monoisotopic (exact) mass is 300 g/mol. The number of aryl methyl sites for hydroxylation is 2. The molecule has 0 saturated heterocycles. The van der Waals surface area contributed by atoms with Gasteiger partial charge in [-0.2, -0.15) is 0 Å². The van der Waals surface area contributed by atoms with Gasteiger partial charge >= 0.3 is 0 Å². The van der Waals surface area contributed by atoms with Crippen LogP contribution < -0.4 is 10.5 Å². The predicted molar refractivity (Wildman–Crippen MR) is 85.6 cm³/mol. The minimum atomic E-state index is -0.00256. The Labute approximate surface area is 129 Å². The second kappa shape index (κ2) is 5.78. The van der Waals surface area contributed by atoms with Crippen molar-refractivity contribution in [3.05, 3.63) is 58.1 Å². The first kappa shape index (κ1) is 14.0. The molecule has 0 spiro atoms. The Balaban J connectivity index is 1.85. The minimum absolute atomic E-state index is 0.00256. The van der Waals surface area contributed by atoms with Gasteiger partial charge in [0.15, 0.2) is 0 Å². The molecule has 0 saturated carbocycles. The molecule has 3 rings (SSSR count). The number of rotatable bonds is 3. The highest BCUT2D eigenvalue weighted by atomic mass is 35.5. The average molecular weight is 301 g/mol. The van der Waals surface area contributed by atoms with Crippen LogP contribution in [0.15, 0.2) is 36.4 Å². The zero-order valence-corrected chi connectivity index (χ0v) is 12.4. The van der Waals surface area contributed by atoms with Gasteiger partial charge in [0, 0.05) is 5.56 Å². The Bertz CT molecular complexity index is 697. The summed E-state index contributed by atoms with van der Waals surface area (Å²) in [6, 6.07) is 11.4. The lowest BCUT2D eigenvalue weighted by Crippen LogP contribution is -2.10. The highest BCUT2D eigenvalue weighted by Gasteiger charge is 2.11. The summed E-state index contributed by atoms with van der Waals surface area (Å²) in [6.45, 7) is 0. The molecule has 0 heterocycles. The molecule has 0 aromatic heterocycles. The largest absolute Gasteiger partial charge is 0.456 e. The number of benzene rings is 2. The van der Waals surface area contributed by atoms with E-state index < -0.39 is 0 Å². The summed E-state index contributed by atoms with van der Waals surface area (Å²) in [5.74, 6) is 1.38. The molecule has 0 radical (unpaired) electrons. The molecular formula is C17H17ClN2O. The van der Waals surface area contributed by atoms with Crippen molar-refractivity contribution in [2.45, 2.75) is 25.7 Å². The van der Waals surface area contributed by atoms with Crippen LogP contribution in [0, 0.1) is 5.41 Å². The van der Waals surface area contributed by atoms with E-state index in [1.165, 1.54) is 24.0 Å². The molecule has 0 aliphatic heterocycles. The van der Waals surface area contributed by atoms with E-state index in [4.69, 9.17) is 27.5 Å². The molecule has 2 aromatic carbocycles. The SMILES string of the molecule is N=C(N)c1ccc(Oc2ccc3c(c2)CCCC3)c(Cl)c1. The van der Waals surface area contributed by atoms with Crippen LogP contribution in [-0.4, -0.2) is 5.84 Å². The molecule has 21 heavy (non-hydrogen) atoms. The number of nitrogens with two attached hydrogens (primary N) is 1. The molecule has 0 bridgehead atoms. The number of amidine groups is 1. The van der Waals surface area contributed by atoms with Crippen molar-refractivity contribution < 1.29 is 4.74 Å². The first-order valence-corrected chi connectivity index (χ1v) is 7.45. The van der Waals surface area contributed by atoms with Crippen LogP contribution in [0.25, 0.3) is 0 Å². The van der Waals surface area contributed by atoms with Crippen molar-refractivity contribution in [3.8, 4) is 11.5 Å². The number of hydrogen-bond donors (Lipinski definition) is 2. The number of nitrogen functional groups attached to an aromatic ring is 1. The van der Waals surface area contributed by atoms with E-state index >= 15 is 0 Å². The normalized spacial score (nSPS) is 13.6. The van der Waals surface area contributed by atoms with Crippen molar-refractivity contribution >= 4 is 17.4 Å². The Kier molecular flexibility index (Phi) is 3.84. The first-order valence-electron chi connectivity index (χ1n) is 7.07. The zero-order valence-electron chi connectivity index (χ0n) is 11.7. The van der Waals surface area contributed by atoms with Gasteiger partial charge in [-0.05, 0) is 67.1 Å². The second-order valence-corrected chi connectivity index (χ2v) is 5.71. The van der Waals surface area contributed by atoms with Gasteiger partial charge in [-0.15, -0.1) is 0 Å². The maximum Gasteiger partial charge on any atom is 0.146 e. The van der Waals surface area contributed by atoms with Crippen LogP contribution >= 0.6 is 11.6 Å². The van der Waals surface area contributed by atoms with Gasteiger partial charge in [0.1, 0.15) is 17.3 Å². The molecule has 2 aromatic rings. The quantitative estimate of drug-likeness (QED) is 0.656. The summed E-state index contributed by atoms with van der Waals surface area (Å²) in [6.07, 6.45) is 4.78.